The molecule has 4 N–H and O–H groups in total. The van der Waals surface area contributed by atoms with Crippen LogP contribution < -0.4 is 11.1 Å². The van der Waals surface area contributed by atoms with E-state index in [1.807, 2.05) is 13.8 Å². The number of nitrogens with two attached hydrogens (primary N) is 1. The highest BCUT2D eigenvalue weighted by molar-refractivity contribution is 6.05. The van der Waals surface area contributed by atoms with E-state index in [4.69, 9.17) is 16.4 Å². The third kappa shape index (κ3) is 4.23. The number of nitrogens with zero attached hydrogens (tertiary/aromatic N) is 2. The standard InChI is InChI=1S/C24H24FN5O2/c1-14(2)13-30-22(16(11-27)12-28)21(18-5-3-4-6-19(18)24(30)32)23(31)29-17-7-8-20(25)15(9-17)10-26/h3-9,11-12,14,21-22,27H,13,28H2,1-2H3,(H,29,31)/b16-12+,27-11?/t21-,22?/m1/s1. The molecule has 3 rings (SSSR count). The number of carbonyl (C=O) groups excluding carboxylic acids is 2. The zero-order chi connectivity index (χ0) is 23.4. The topological polar surface area (TPSA) is 123 Å². The maximum atomic E-state index is 13.7. The lowest BCUT2D eigenvalue weighted by atomic mass is 9.79. The third-order valence-corrected chi connectivity index (χ3v) is 5.34. The van der Waals surface area contributed by atoms with E-state index in [2.05, 4.69) is 5.32 Å². The highest BCUT2D eigenvalue weighted by Gasteiger charge is 2.44. The lowest BCUT2D eigenvalue weighted by molar-refractivity contribution is -0.118. The number of anilines is 1. The Morgan fingerprint density at radius 1 is 1.34 bits per heavy atom. The summed E-state index contributed by atoms with van der Waals surface area (Å²) in [6.45, 7) is 4.28. The van der Waals surface area contributed by atoms with E-state index in [1.54, 1.807) is 35.2 Å². The van der Waals surface area contributed by atoms with E-state index in [0.29, 0.717) is 23.2 Å². The van der Waals surface area contributed by atoms with Crippen molar-refractivity contribution in [1.29, 1.82) is 10.7 Å². The molecule has 7 nitrogen and oxygen atoms in total. The zero-order valence-electron chi connectivity index (χ0n) is 17.8. The summed E-state index contributed by atoms with van der Waals surface area (Å²) >= 11 is 0. The van der Waals surface area contributed by atoms with Crippen LogP contribution in [0.3, 0.4) is 0 Å². The maximum Gasteiger partial charge on any atom is 0.254 e. The molecule has 0 saturated heterocycles. The van der Waals surface area contributed by atoms with Gasteiger partial charge in [-0.05, 0) is 35.7 Å². The van der Waals surface area contributed by atoms with Crippen molar-refractivity contribution in [3.8, 4) is 6.07 Å². The minimum Gasteiger partial charge on any atom is -0.404 e. The Morgan fingerprint density at radius 2 is 2.06 bits per heavy atom. The summed E-state index contributed by atoms with van der Waals surface area (Å²) in [5.74, 6) is -2.14. The fraction of sp³-hybridized carbons (Fsp3) is 0.250. The van der Waals surface area contributed by atoms with Gasteiger partial charge < -0.3 is 21.4 Å². The molecule has 1 heterocycles. The molecule has 1 unspecified atom stereocenters. The van der Waals surface area contributed by atoms with Crippen molar-refractivity contribution in [3.63, 3.8) is 0 Å². The Labute approximate surface area is 185 Å². The van der Waals surface area contributed by atoms with E-state index >= 15 is 0 Å². The van der Waals surface area contributed by atoms with Gasteiger partial charge in [0.25, 0.3) is 5.91 Å². The van der Waals surface area contributed by atoms with Gasteiger partial charge in [-0.3, -0.25) is 9.59 Å². The van der Waals surface area contributed by atoms with Crippen molar-refractivity contribution in [3.05, 3.63) is 76.7 Å². The van der Waals surface area contributed by atoms with Crippen LogP contribution in [0, 0.1) is 28.5 Å². The van der Waals surface area contributed by atoms with Gasteiger partial charge in [-0.25, -0.2) is 4.39 Å². The second-order valence-corrected chi connectivity index (χ2v) is 7.97. The highest BCUT2D eigenvalue weighted by Crippen LogP contribution is 2.37. The summed E-state index contributed by atoms with van der Waals surface area (Å²) in [6.07, 6.45) is 2.28. The Bertz CT molecular complexity index is 1140. The van der Waals surface area contributed by atoms with Crippen LogP contribution in [0.5, 0.6) is 0 Å². The fourth-order valence-electron chi connectivity index (χ4n) is 3.98. The molecule has 1 aliphatic rings. The SMILES string of the molecule is CC(C)CN1C(=O)c2ccccc2[C@@H](C(=O)Nc2ccc(F)c(C#N)c2)C1/C(C=N)=C/N. The number of amides is 2. The fourth-order valence-corrected chi connectivity index (χ4v) is 3.98. The first-order valence-electron chi connectivity index (χ1n) is 10.1. The average Bonchev–Trinajstić information content (AvgIpc) is 2.78. The number of rotatable bonds is 6. The first-order chi connectivity index (χ1) is 15.3. The van der Waals surface area contributed by atoms with Crippen LogP contribution in [0.25, 0.3) is 0 Å². The zero-order valence-corrected chi connectivity index (χ0v) is 17.8. The van der Waals surface area contributed by atoms with Gasteiger partial charge >= 0.3 is 0 Å². The number of carbonyl (C=O) groups is 2. The first kappa shape index (κ1) is 22.7. The van der Waals surface area contributed by atoms with Gasteiger partial charge in [-0.2, -0.15) is 5.26 Å². The molecule has 0 bridgehead atoms. The van der Waals surface area contributed by atoms with E-state index in [-0.39, 0.29) is 23.1 Å². The van der Waals surface area contributed by atoms with Crippen molar-refractivity contribution < 1.29 is 14.0 Å². The van der Waals surface area contributed by atoms with Crippen LogP contribution >= 0.6 is 0 Å². The van der Waals surface area contributed by atoms with Crippen molar-refractivity contribution in [2.75, 3.05) is 11.9 Å². The maximum absolute atomic E-state index is 13.7. The van der Waals surface area contributed by atoms with Crippen LogP contribution in [0.4, 0.5) is 10.1 Å². The molecule has 2 aromatic rings. The van der Waals surface area contributed by atoms with Crippen molar-refractivity contribution >= 4 is 23.7 Å². The predicted octanol–water partition coefficient (Wildman–Crippen LogP) is 3.39. The van der Waals surface area contributed by atoms with Crippen molar-refractivity contribution in [1.82, 2.24) is 4.90 Å². The summed E-state index contributed by atoms with van der Waals surface area (Å²) in [4.78, 5) is 28.4. The second-order valence-electron chi connectivity index (χ2n) is 7.97. The molecule has 2 atom stereocenters. The number of hydrogen-bond acceptors (Lipinski definition) is 5. The van der Waals surface area contributed by atoms with E-state index in [0.717, 1.165) is 12.3 Å². The largest absolute Gasteiger partial charge is 0.404 e. The average molecular weight is 433 g/mol. The second kappa shape index (κ2) is 9.43. The summed E-state index contributed by atoms with van der Waals surface area (Å²) in [7, 11) is 0. The molecule has 0 spiro atoms. The number of nitrogens with one attached hydrogen (secondary N) is 2. The number of benzene rings is 2. The van der Waals surface area contributed by atoms with Crippen LogP contribution in [0.1, 0.15) is 41.3 Å². The number of hydrogen-bond donors (Lipinski definition) is 3. The van der Waals surface area contributed by atoms with Gasteiger partial charge in [0.2, 0.25) is 5.91 Å². The Morgan fingerprint density at radius 3 is 2.69 bits per heavy atom. The van der Waals surface area contributed by atoms with Crippen LogP contribution in [-0.2, 0) is 4.79 Å². The molecular weight excluding hydrogens is 409 g/mol. The lowest BCUT2D eigenvalue weighted by Gasteiger charge is -2.42. The van der Waals surface area contributed by atoms with Crippen LogP contribution in [-0.4, -0.2) is 35.5 Å². The molecule has 0 fully saturated rings. The number of nitriles is 1. The molecule has 0 aliphatic carbocycles. The Hall–Kier alpha value is -3.99. The molecule has 1 aliphatic heterocycles. The summed E-state index contributed by atoms with van der Waals surface area (Å²) < 4.78 is 13.7. The molecule has 2 amide bonds. The molecule has 32 heavy (non-hydrogen) atoms. The lowest BCUT2D eigenvalue weighted by Crippen LogP contribution is -2.53. The van der Waals surface area contributed by atoms with Crippen LogP contribution in [0.2, 0.25) is 0 Å². The molecule has 0 aromatic heterocycles. The highest BCUT2D eigenvalue weighted by atomic mass is 19.1. The van der Waals surface area contributed by atoms with Gasteiger partial charge in [-0.1, -0.05) is 32.0 Å². The van der Waals surface area contributed by atoms with E-state index < -0.39 is 23.7 Å². The van der Waals surface area contributed by atoms with E-state index in [9.17, 15) is 14.0 Å². The molecule has 0 radical (unpaired) electrons. The molecule has 0 saturated carbocycles. The van der Waals surface area contributed by atoms with Crippen molar-refractivity contribution in [2.45, 2.75) is 25.8 Å². The first-order valence-corrected chi connectivity index (χ1v) is 10.1. The molecular formula is C24H24FN5O2. The van der Waals surface area contributed by atoms with Gasteiger partial charge in [-0.15, -0.1) is 0 Å². The number of fused-ring (bicyclic) bond motifs is 1. The summed E-state index contributed by atoms with van der Waals surface area (Å²) in [5, 5.41) is 19.7. The summed E-state index contributed by atoms with van der Waals surface area (Å²) in [6, 6.07) is 11.5. The van der Waals surface area contributed by atoms with Gasteiger partial charge in [0.05, 0.1) is 17.5 Å². The molecule has 8 heteroatoms. The summed E-state index contributed by atoms with van der Waals surface area (Å²) in [5.41, 5.74) is 7.09. The third-order valence-electron chi connectivity index (χ3n) is 5.34. The van der Waals surface area contributed by atoms with Gasteiger partial charge in [0.15, 0.2) is 0 Å². The minimum atomic E-state index is -0.866. The Balaban J connectivity index is 2.13. The quantitative estimate of drug-likeness (QED) is 0.604. The minimum absolute atomic E-state index is 0.107. The molecule has 2 aromatic carbocycles. The van der Waals surface area contributed by atoms with E-state index in [1.165, 1.54) is 18.3 Å². The monoisotopic (exact) mass is 433 g/mol. The normalized spacial score (nSPS) is 18.2. The number of halogens is 1. The Kier molecular flexibility index (Phi) is 6.69. The van der Waals surface area contributed by atoms with Gasteiger partial charge in [0, 0.05) is 35.8 Å². The molecule has 164 valence electrons. The van der Waals surface area contributed by atoms with Crippen LogP contribution in [0.15, 0.2) is 54.2 Å². The smallest absolute Gasteiger partial charge is 0.254 e. The van der Waals surface area contributed by atoms with Crippen molar-refractivity contribution in [2.24, 2.45) is 11.7 Å². The van der Waals surface area contributed by atoms with Gasteiger partial charge in [0.1, 0.15) is 11.9 Å². The predicted molar refractivity (Wildman–Crippen MR) is 120 cm³/mol.